The van der Waals surface area contributed by atoms with Gasteiger partial charge in [-0.25, -0.2) is 9.48 Å². The van der Waals surface area contributed by atoms with E-state index in [0.29, 0.717) is 17.1 Å². The van der Waals surface area contributed by atoms with Crippen molar-refractivity contribution < 1.29 is 14.3 Å². The van der Waals surface area contributed by atoms with Crippen molar-refractivity contribution in [3.63, 3.8) is 0 Å². The number of amides is 1. The largest absolute Gasteiger partial charge is 0.416 e. The zero-order chi connectivity index (χ0) is 18.9. The zero-order valence-electron chi connectivity index (χ0n) is 15.3. The van der Waals surface area contributed by atoms with Crippen LogP contribution in [0.3, 0.4) is 0 Å². The minimum Gasteiger partial charge on any atom is -0.391 e. The molecule has 134 valence electrons. The summed E-state index contributed by atoms with van der Waals surface area (Å²) < 4.78 is 6.83. The molecule has 1 aromatic carbocycles. The normalized spacial score (nSPS) is 10.7. The third kappa shape index (κ3) is 3.54. The Morgan fingerprint density at radius 2 is 1.84 bits per heavy atom. The van der Waals surface area contributed by atoms with Gasteiger partial charge in [0.05, 0.1) is 11.2 Å². The number of carbonyl (C=O) groups is 2. The second-order valence-corrected chi connectivity index (χ2v) is 6.45. The summed E-state index contributed by atoms with van der Waals surface area (Å²) in [4.78, 5) is 26.3. The first-order valence-corrected chi connectivity index (χ1v) is 8.32. The molecule has 0 saturated carbocycles. The molecule has 7 heteroatoms. The lowest BCUT2D eigenvalue weighted by atomic mass is 9.96. The number of benzene rings is 1. The molecular formula is C18H22ClN3O3. The molecule has 0 aliphatic carbocycles. The molecule has 0 unspecified atom stereocenters. The van der Waals surface area contributed by atoms with Crippen molar-refractivity contribution in [3.8, 4) is 5.88 Å². The molecule has 0 radical (unpaired) electrons. The second-order valence-electron chi connectivity index (χ2n) is 6.08. The van der Waals surface area contributed by atoms with E-state index in [2.05, 4.69) is 5.10 Å². The fourth-order valence-corrected chi connectivity index (χ4v) is 2.68. The average molecular weight is 364 g/mol. The molecule has 0 spiro atoms. The van der Waals surface area contributed by atoms with Crippen molar-refractivity contribution in [2.75, 3.05) is 14.1 Å². The van der Waals surface area contributed by atoms with E-state index >= 15 is 0 Å². The molecule has 0 N–H and O–H groups in total. The zero-order valence-corrected chi connectivity index (χ0v) is 16.1. The number of nitrogens with zero attached hydrogens (tertiary/aromatic N) is 3. The molecule has 2 aromatic rings. The number of rotatable bonds is 4. The van der Waals surface area contributed by atoms with Crippen molar-refractivity contribution in [3.05, 3.63) is 45.1 Å². The summed E-state index contributed by atoms with van der Waals surface area (Å²) in [5.41, 5.74) is 3.46. The van der Waals surface area contributed by atoms with Gasteiger partial charge in [0.2, 0.25) is 11.7 Å². The van der Waals surface area contributed by atoms with E-state index in [-0.39, 0.29) is 17.2 Å². The molecule has 2 rings (SSSR count). The third-order valence-electron chi connectivity index (χ3n) is 4.21. The standard InChI is InChI=1S/C18H22ClN3O3/c1-7-22-17(25-18(24)21(5)6)14(9-20-22)16(23)13-8-10(2)11(3)12(4)15(13)19/h8-9H,7H2,1-6H3. The van der Waals surface area contributed by atoms with Crippen molar-refractivity contribution in [1.29, 1.82) is 0 Å². The molecule has 1 amide bonds. The highest BCUT2D eigenvalue weighted by atomic mass is 35.5. The average Bonchev–Trinajstić information content (AvgIpc) is 2.98. The van der Waals surface area contributed by atoms with Crippen molar-refractivity contribution in [2.24, 2.45) is 0 Å². The lowest BCUT2D eigenvalue weighted by Crippen LogP contribution is -2.27. The molecular weight excluding hydrogens is 342 g/mol. The highest BCUT2D eigenvalue weighted by Crippen LogP contribution is 2.31. The number of hydrogen-bond acceptors (Lipinski definition) is 4. The van der Waals surface area contributed by atoms with Gasteiger partial charge in [-0.3, -0.25) is 4.79 Å². The van der Waals surface area contributed by atoms with Crippen LogP contribution in [0.2, 0.25) is 5.02 Å². The summed E-state index contributed by atoms with van der Waals surface area (Å²) in [6.07, 6.45) is 0.830. The van der Waals surface area contributed by atoms with Gasteiger partial charge in [0, 0.05) is 26.2 Å². The van der Waals surface area contributed by atoms with Gasteiger partial charge in [0.1, 0.15) is 5.56 Å². The number of ketones is 1. The summed E-state index contributed by atoms with van der Waals surface area (Å²) in [5, 5.41) is 4.55. The Morgan fingerprint density at radius 3 is 2.40 bits per heavy atom. The Balaban J connectivity index is 2.54. The molecule has 6 nitrogen and oxygen atoms in total. The van der Waals surface area contributed by atoms with Gasteiger partial charge in [-0.15, -0.1) is 0 Å². The predicted octanol–water partition coefficient (Wildman–Crippen LogP) is 3.77. The SMILES string of the molecule is CCn1ncc(C(=O)c2cc(C)c(C)c(C)c2Cl)c1OC(=O)N(C)C. The summed E-state index contributed by atoms with van der Waals surface area (Å²) in [5.74, 6) is -0.199. The minimum absolute atomic E-state index is 0.123. The number of ether oxygens (including phenoxy) is 1. The maximum absolute atomic E-state index is 13.0. The number of halogens is 1. The Bertz CT molecular complexity index is 841. The van der Waals surface area contributed by atoms with Gasteiger partial charge >= 0.3 is 6.09 Å². The lowest BCUT2D eigenvalue weighted by Gasteiger charge is -2.14. The summed E-state index contributed by atoms with van der Waals surface area (Å²) >= 11 is 6.40. The van der Waals surface area contributed by atoms with E-state index in [4.69, 9.17) is 16.3 Å². The number of aromatic nitrogens is 2. The molecule has 0 atom stereocenters. The highest BCUT2D eigenvalue weighted by molar-refractivity contribution is 6.36. The van der Waals surface area contributed by atoms with Gasteiger partial charge in [-0.1, -0.05) is 11.6 Å². The highest BCUT2D eigenvalue weighted by Gasteiger charge is 2.25. The molecule has 1 aromatic heterocycles. The van der Waals surface area contributed by atoms with Crippen LogP contribution in [0.1, 0.15) is 39.5 Å². The Kier molecular flexibility index (Phi) is 5.52. The molecule has 0 fully saturated rings. The summed E-state index contributed by atoms with van der Waals surface area (Å²) in [6, 6.07) is 1.76. The third-order valence-corrected chi connectivity index (χ3v) is 4.70. The second kappa shape index (κ2) is 7.27. The lowest BCUT2D eigenvalue weighted by molar-refractivity contribution is 0.103. The van der Waals surface area contributed by atoms with Crippen molar-refractivity contribution >= 4 is 23.5 Å². The maximum atomic E-state index is 13.0. The van der Waals surface area contributed by atoms with E-state index in [0.717, 1.165) is 16.7 Å². The number of hydrogen-bond donors (Lipinski definition) is 0. The first-order valence-electron chi connectivity index (χ1n) is 7.94. The van der Waals surface area contributed by atoms with Crippen molar-refractivity contribution in [1.82, 2.24) is 14.7 Å². The predicted molar refractivity (Wildman–Crippen MR) is 96.7 cm³/mol. The van der Waals surface area contributed by atoms with Crippen LogP contribution in [-0.4, -0.2) is 40.7 Å². The van der Waals surface area contributed by atoms with Gasteiger partial charge in [-0.2, -0.15) is 5.10 Å². The topological polar surface area (TPSA) is 64.4 Å². The molecule has 0 saturated heterocycles. The van der Waals surface area contributed by atoms with Crippen LogP contribution in [0.15, 0.2) is 12.3 Å². The van der Waals surface area contributed by atoms with E-state index in [1.807, 2.05) is 27.7 Å². The molecule has 0 aliphatic rings. The fourth-order valence-electron chi connectivity index (χ4n) is 2.40. The van der Waals surface area contributed by atoms with Crippen LogP contribution in [0.5, 0.6) is 5.88 Å². The maximum Gasteiger partial charge on any atom is 0.416 e. The van der Waals surface area contributed by atoms with Crippen LogP contribution < -0.4 is 4.74 Å². The summed E-state index contributed by atoms with van der Waals surface area (Å²) in [7, 11) is 3.14. The van der Waals surface area contributed by atoms with Crippen LogP contribution in [0.4, 0.5) is 4.79 Å². The van der Waals surface area contributed by atoms with Crippen LogP contribution >= 0.6 is 11.6 Å². The van der Waals surface area contributed by atoms with Crippen LogP contribution in [0, 0.1) is 20.8 Å². The number of aryl methyl sites for hydroxylation is 2. The molecule has 25 heavy (non-hydrogen) atoms. The summed E-state index contributed by atoms with van der Waals surface area (Å²) in [6.45, 7) is 8.08. The Morgan fingerprint density at radius 1 is 1.20 bits per heavy atom. The number of carbonyl (C=O) groups excluding carboxylic acids is 2. The smallest absolute Gasteiger partial charge is 0.391 e. The quantitative estimate of drug-likeness (QED) is 0.775. The first kappa shape index (κ1) is 19.0. The molecule has 1 heterocycles. The minimum atomic E-state index is -0.577. The monoisotopic (exact) mass is 363 g/mol. The van der Waals surface area contributed by atoms with E-state index < -0.39 is 6.09 Å². The first-order chi connectivity index (χ1) is 11.7. The van der Waals surface area contributed by atoms with Crippen molar-refractivity contribution in [2.45, 2.75) is 34.2 Å². The van der Waals surface area contributed by atoms with Gasteiger partial charge < -0.3 is 9.64 Å². The van der Waals surface area contributed by atoms with Gasteiger partial charge in [0.25, 0.3) is 0 Å². The van der Waals surface area contributed by atoms with E-state index in [9.17, 15) is 9.59 Å². The molecule has 0 aliphatic heterocycles. The van der Waals surface area contributed by atoms with Gasteiger partial charge in [0.15, 0.2) is 0 Å². The Hall–Kier alpha value is -2.34. The molecule has 0 bridgehead atoms. The van der Waals surface area contributed by atoms with E-state index in [1.165, 1.54) is 15.8 Å². The van der Waals surface area contributed by atoms with Crippen LogP contribution in [-0.2, 0) is 6.54 Å². The Labute approximate surface area is 152 Å². The fraction of sp³-hybridized carbons (Fsp3) is 0.389. The van der Waals surface area contributed by atoms with E-state index in [1.54, 1.807) is 20.2 Å². The van der Waals surface area contributed by atoms with Gasteiger partial charge in [-0.05, 0) is 50.5 Å². The van der Waals surface area contributed by atoms with Crippen LogP contribution in [0.25, 0.3) is 0 Å².